The van der Waals surface area contributed by atoms with E-state index in [-0.39, 0.29) is 24.8 Å². The highest BCUT2D eigenvalue weighted by Gasteiger charge is 2.27. The Morgan fingerprint density at radius 1 is 1.44 bits per heavy atom. The van der Waals surface area contributed by atoms with Gasteiger partial charge in [-0.1, -0.05) is 6.07 Å². The molecule has 5 heteroatoms. The summed E-state index contributed by atoms with van der Waals surface area (Å²) in [6.07, 6.45) is 0.796. The number of ether oxygens (including phenoxy) is 1. The molecule has 0 saturated carbocycles. The maximum atomic E-state index is 11.8. The predicted octanol–water partition coefficient (Wildman–Crippen LogP) is 1.23. The molecule has 1 aromatic rings. The topological polar surface area (TPSA) is 66.8 Å². The second-order valence-corrected chi connectivity index (χ2v) is 4.06. The number of amides is 1. The Bertz CT molecular complexity index is 484. The van der Waals surface area contributed by atoms with E-state index in [0.717, 1.165) is 0 Å². The molecule has 0 fully saturated rings. The van der Waals surface area contributed by atoms with E-state index in [1.165, 1.54) is 4.90 Å². The van der Waals surface area contributed by atoms with E-state index < -0.39 is 5.97 Å². The third-order valence-electron chi connectivity index (χ3n) is 2.90. The van der Waals surface area contributed by atoms with Crippen molar-refractivity contribution in [3.8, 4) is 5.75 Å². The van der Waals surface area contributed by atoms with Crippen LogP contribution in [0.15, 0.2) is 18.2 Å². The van der Waals surface area contributed by atoms with Crippen LogP contribution >= 0.6 is 0 Å². The Kier molecular flexibility index (Phi) is 3.50. The minimum absolute atomic E-state index is 0.108. The van der Waals surface area contributed by atoms with E-state index in [1.807, 2.05) is 0 Å². The fourth-order valence-electron chi connectivity index (χ4n) is 2.08. The molecule has 1 heterocycles. The van der Waals surface area contributed by atoms with Crippen molar-refractivity contribution < 1.29 is 19.4 Å². The lowest BCUT2D eigenvalue weighted by atomic mass is 10.00. The zero-order chi connectivity index (χ0) is 13.1. The van der Waals surface area contributed by atoms with Crippen LogP contribution in [0.5, 0.6) is 5.75 Å². The average molecular weight is 249 g/mol. The summed E-state index contributed by atoms with van der Waals surface area (Å²) in [5.41, 5.74) is 1.31. The van der Waals surface area contributed by atoms with E-state index in [2.05, 4.69) is 0 Å². The number of carbonyl (C=O) groups is 2. The number of hydrogen-bond donors (Lipinski definition) is 1. The van der Waals surface area contributed by atoms with Gasteiger partial charge in [-0.2, -0.15) is 0 Å². The molecule has 0 spiro atoms. The average Bonchev–Trinajstić information content (AvgIpc) is 2.33. The van der Waals surface area contributed by atoms with Gasteiger partial charge in [0.2, 0.25) is 5.91 Å². The first-order valence-electron chi connectivity index (χ1n) is 5.90. The minimum atomic E-state index is -0.443. The lowest BCUT2D eigenvalue weighted by molar-refractivity contribution is -0.142. The number of anilines is 1. The number of nitrogens with zero attached hydrogens (tertiary/aromatic N) is 1. The van der Waals surface area contributed by atoms with Crippen molar-refractivity contribution in [1.29, 1.82) is 0 Å². The third-order valence-corrected chi connectivity index (χ3v) is 2.90. The Labute approximate surface area is 105 Å². The van der Waals surface area contributed by atoms with Gasteiger partial charge < -0.3 is 14.7 Å². The molecule has 0 unspecified atom stereocenters. The van der Waals surface area contributed by atoms with Crippen LogP contribution in [0.3, 0.4) is 0 Å². The standard InChI is InChI=1S/C13H15NO4/c1-2-18-13(17)8-14-10-4-3-5-11(15)9(10)6-7-12(14)16/h3-5,15H,2,6-8H2,1H3. The summed E-state index contributed by atoms with van der Waals surface area (Å²) in [5.74, 6) is -0.406. The first kappa shape index (κ1) is 12.4. The van der Waals surface area contributed by atoms with Crippen LogP contribution in [-0.4, -0.2) is 30.1 Å². The van der Waals surface area contributed by atoms with E-state index >= 15 is 0 Å². The number of benzene rings is 1. The number of rotatable bonds is 3. The molecule has 0 atom stereocenters. The largest absolute Gasteiger partial charge is 0.508 e. The maximum absolute atomic E-state index is 11.8. The van der Waals surface area contributed by atoms with Gasteiger partial charge in [0.05, 0.1) is 12.3 Å². The van der Waals surface area contributed by atoms with E-state index in [9.17, 15) is 14.7 Å². The van der Waals surface area contributed by atoms with Crippen LogP contribution in [0.25, 0.3) is 0 Å². The highest BCUT2D eigenvalue weighted by molar-refractivity contribution is 6.00. The molecule has 0 aliphatic carbocycles. The van der Waals surface area contributed by atoms with E-state index in [4.69, 9.17) is 4.74 Å². The Morgan fingerprint density at radius 2 is 2.22 bits per heavy atom. The number of phenolic OH excluding ortho intramolecular Hbond substituents is 1. The van der Waals surface area contributed by atoms with Gasteiger partial charge in [-0.15, -0.1) is 0 Å². The summed E-state index contributed by atoms with van der Waals surface area (Å²) in [6, 6.07) is 4.97. The summed E-state index contributed by atoms with van der Waals surface area (Å²) in [7, 11) is 0. The van der Waals surface area contributed by atoms with Gasteiger partial charge in [-0.25, -0.2) is 0 Å². The molecule has 1 aliphatic rings. The van der Waals surface area contributed by atoms with Gasteiger partial charge in [0.1, 0.15) is 12.3 Å². The molecule has 1 aromatic carbocycles. The zero-order valence-corrected chi connectivity index (χ0v) is 10.2. The fourth-order valence-corrected chi connectivity index (χ4v) is 2.08. The number of fused-ring (bicyclic) bond motifs is 1. The van der Waals surface area contributed by atoms with Crippen molar-refractivity contribution in [2.24, 2.45) is 0 Å². The predicted molar refractivity (Wildman–Crippen MR) is 65.4 cm³/mol. The quantitative estimate of drug-likeness (QED) is 0.818. The molecular weight excluding hydrogens is 234 g/mol. The van der Waals surface area contributed by atoms with Crippen LogP contribution < -0.4 is 4.90 Å². The Balaban J connectivity index is 2.28. The molecule has 96 valence electrons. The summed E-state index contributed by atoms with van der Waals surface area (Å²) in [5, 5.41) is 9.74. The lowest BCUT2D eigenvalue weighted by Crippen LogP contribution is -2.39. The van der Waals surface area contributed by atoms with Crippen molar-refractivity contribution in [3.63, 3.8) is 0 Å². The number of esters is 1. The van der Waals surface area contributed by atoms with E-state index in [0.29, 0.717) is 24.1 Å². The van der Waals surface area contributed by atoms with Crippen molar-refractivity contribution in [2.45, 2.75) is 19.8 Å². The molecule has 18 heavy (non-hydrogen) atoms. The van der Waals surface area contributed by atoms with Crippen LogP contribution in [0, 0.1) is 0 Å². The van der Waals surface area contributed by atoms with Gasteiger partial charge in [0.25, 0.3) is 0 Å². The van der Waals surface area contributed by atoms with Gasteiger partial charge in [0.15, 0.2) is 0 Å². The molecule has 0 aromatic heterocycles. The van der Waals surface area contributed by atoms with Crippen LogP contribution in [0.1, 0.15) is 18.9 Å². The second kappa shape index (κ2) is 5.08. The van der Waals surface area contributed by atoms with Crippen molar-refractivity contribution >= 4 is 17.6 Å². The van der Waals surface area contributed by atoms with Gasteiger partial charge in [0, 0.05) is 12.0 Å². The molecule has 0 saturated heterocycles. The first-order valence-corrected chi connectivity index (χ1v) is 5.90. The fraction of sp³-hybridized carbons (Fsp3) is 0.385. The van der Waals surface area contributed by atoms with E-state index in [1.54, 1.807) is 25.1 Å². The normalized spacial score (nSPS) is 14.3. The summed E-state index contributed by atoms with van der Waals surface area (Å²) < 4.78 is 4.84. The highest BCUT2D eigenvalue weighted by Crippen LogP contribution is 2.33. The molecule has 0 bridgehead atoms. The van der Waals surface area contributed by atoms with Crippen molar-refractivity contribution in [2.75, 3.05) is 18.1 Å². The molecule has 2 rings (SSSR count). The summed E-state index contributed by atoms with van der Waals surface area (Å²) in [6.45, 7) is 1.90. The Hall–Kier alpha value is -2.04. The third kappa shape index (κ3) is 2.30. The molecule has 1 aliphatic heterocycles. The number of hydrogen-bond acceptors (Lipinski definition) is 4. The van der Waals surface area contributed by atoms with Crippen LogP contribution in [0.2, 0.25) is 0 Å². The first-order chi connectivity index (χ1) is 8.63. The van der Waals surface area contributed by atoms with Gasteiger partial charge in [-0.3, -0.25) is 9.59 Å². The summed E-state index contributed by atoms with van der Waals surface area (Å²) in [4.78, 5) is 24.7. The number of carbonyl (C=O) groups excluding carboxylic acids is 2. The smallest absolute Gasteiger partial charge is 0.326 e. The monoisotopic (exact) mass is 249 g/mol. The van der Waals surface area contributed by atoms with Crippen LogP contribution in [0.4, 0.5) is 5.69 Å². The maximum Gasteiger partial charge on any atom is 0.326 e. The number of aromatic hydroxyl groups is 1. The minimum Gasteiger partial charge on any atom is -0.508 e. The Morgan fingerprint density at radius 3 is 2.94 bits per heavy atom. The lowest BCUT2D eigenvalue weighted by Gasteiger charge is -2.28. The molecule has 1 N–H and O–H groups in total. The summed E-state index contributed by atoms with van der Waals surface area (Å²) >= 11 is 0. The highest BCUT2D eigenvalue weighted by atomic mass is 16.5. The molecule has 5 nitrogen and oxygen atoms in total. The second-order valence-electron chi connectivity index (χ2n) is 4.06. The molecule has 0 radical (unpaired) electrons. The molecular formula is C13H15NO4. The van der Waals surface area contributed by atoms with Gasteiger partial charge >= 0.3 is 5.97 Å². The van der Waals surface area contributed by atoms with Crippen molar-refractivity contribution in [1.82, 2.24) is 0 Å². The number of phenols is 1. The van der Waals surface area contributed by atoms with Gasteiger partial charge in [-0.05, 0) is 25.5 Å². The molecule has 1 amide bonds. The zero-order valence-electron chi connectivity index (χ0n) is 10.2. The van der Waals surface area contributed by atoms with Crippen molar-refractivity contribution in [3.05, 3.63) is 23.8 Å². The van der Waals surface area contributed by atoms with Crippen LogP contribution in [-0.2, 0) is 20.7 Å². The SMILES string of the molecule is CCOC(=O)CN1C(=O)CCc2c(O)cccc21.